The van der Waals surface area contributed by atoms with Crippen LogP contribution in [0.5, 0.6) is 0 Å². The van der Waals surface area contributed by atoms with Crippen LogP contribution in [0.2, 0.25) is 0 Å². The standard InChI is InChI=1S/C21H24F3N3O2/c22-21(23,24)15-6-3-4-7-16(15)26-19(28)13-9-10-14-17(12-13)25-18-8-2-1-5-11-27(18)20(14)29/h9-10,12,15-16H,1-8,11H2,(H,26,28)/t15-,16+/m0/s1. The highest BCUT2D eigenvalue weighted by molar-refractivity contribution is 5.97. The Morgan fingerprint density at radius 2 is 1.90 bits per heavy atom. The Kier molecular flexibility index (Phi) is 5.36. The largest absolute Gasteiger partial charge is 0.393 e. The molecule has 1 aromatic carbocycles. The van der Waals surface area contributed by atoms with Crippen LogP contribution in [-0.4, -0.2) is 27.7 Å². The highest BCUT2D eigenvalue weighted by atomic mass is 19.4. The molecule has 1 fully saturated rings. The van der Waals surface area contributed by atoms with Crippen LogP contribution in [0, 0.1) is 5.92 Å². The van der Waals surface area contributed by atoms with Crippen molar-refractivity contribution in [1.29, 1.82) is 0 Å². The summed E-state index contributed by atoms with van der Waals surface area (Å²) in [6.45, 7) is 0.639. The van der Waals surface area contributed by atoms with Crippen molar-refractivity contribution in [2.24, 2.45) is 5.92 Å². The van der Waals surface area contributed by atoms with E-state index in [1.165, 1.54) is 12.1 Å². The van der Waals surface area contributed by atoms with E-state index in [0.29, 0.717) is 49.0 Å². The molecule has 5 nitrogen and oxygen atoms in total. The first-order chi connectivity index (χ1) is 13.8. The summed E-state index contributed by atoms with van der Waals surface area (Å²) >= 11 is 0. The normalized spacial score (nSPS) is 22.7. The van der Waals surface area contributed by atoms with E-state index in [9.17, 15) is 22.8 Å². The molecule has 1 amide bonds. The number of alkyl halides is 3. The monoisotopic (exact) mass is 407 g/mol. The Morgan fingerprint density at radius 1 is 1.10 bits per heavy atom. The number of carbonyl (C=O) groups excluding carboxylic acids is 1. The van der Waals surface area contributed by atoms with Gasteiger partial charge in [-0.1, -0.05) is 19.3 Å². The van der Waals surface area contributed by atoms with Gasteiger partial charge in [-0.2, -0.15) is 13.2 Å². The highest BCUT2D eigenvalue weighted by Gasteiger charge is 2.46. The summed E-state index contributed by atoms with van der Waals surface area (Å²) in [7, 11) is 0. The molecule has 1 aliphatic heterocycles. The molecule has 1 aromatic heterocycles. The number of benzene rings is 1. The van der Waals surface area contributed by atoms with Crippen LogP contribution in [0.1, 0.15) is 61.1 Å². The molecule has 8 heteroatoms. The van der Waals surface area contributed by atoms with Gasteiger partial charge in [0, 0.05) is 24.6 Å². The average molecular weight is 407 g/mol. The third-order valence-corrected chi connectivity index (χ3v) is 6.08. The van der Waals surface area contributed by atoms with E-state index in [0.717, 1.165) is 19.3 Å². The van der Waals surface area contributed by atoms with Crippen molar-refractivity contribution in [1.82, 2.24) is 14.9 Å². The van der Waals surface area contributed by atoms with Crippen molar-refractivity contribution >= 4 is 16.8 Å². The van der Waals surface area contributed by atoms with Crippen LogP contribution in [-0.2, 0) is 13.0 Å². The molecule has 29 heavy (non-hydrogen) atoms. The zero-order chi connectivity index (χ0) is 20.6. The van der Waals surface area contributed by atoms with Gasteiger partial charge >= 0.3 is 6.18 Å². The van der Waals surface area contributed by atoms with Crippen molar-refractivity contribution in [2.45, 2.75) is 70.1 Å². The number of halogens is 3. The van der Waals surface area contributed by atoms with Gasteiger partial charge in [-0.15, -0.1) is 0 Å². The predicted octanol–water partition coefficient (Wildman–Crippen LogP) is 3.97. The van der Waals surface area contributed by atoms with Gasteiger partial charge in [0.2, 0.25) is 0 Å². The lowest BCUT2D eigenvalue weighted by Crippen LogP contribution is -2.47. The lowest BCUT2D eigenvalue weighted by atomic mass is 9.84. The molecule has 2 heterocycles. The Hall–Kier alpha value is -2.38. The zero-order valence-electron chi connectivity index (χ0n) is 16.1. The van der Waals surface area contributed by atoms with Crippen LogP contribution < -0.4 is 10.9 Å². The van der Waals surface area contributed by atoms with Crippen molar-refractivity contribution in [3.63, 3.8) is 0 Å². The number of nitrogens with zero attached hydrogens (tertiary/aromatic N) is 2. The Balaban J connectivity index is 1.62. The maximum atomic E-state index is 13.3. The molecule has 0 spiro atoms. The molecule has 2 atom stereocenters. The average Bonchev–Trinajstić information content (AvgIpc) is 2.93. The van der Waals surface area contributed by atoms with Gasteiger partial charge in [-0.05, 0) is 43.9 Å². The fraction of sp³-hybridized carbons (Fsp3) is 0.571. The molecule has 0 radical (unpaired) electrons. The summed E-state index contributed by atoms with van der Waals surface area (Å²) in [6, 6.07) is 3.65. The van der Waals surface area contributed by atoms with E-state index >= 15 is 0 Å². The van der Waals surface area contributed by atoms with Gasteiger partial charge in [-0.25, -0.2) is 4.98 Å². The second-order valence-electron chi connectivity index (χ2n) is 8.04. The minimum absolute atomic E-state index is 0.0383. The molecule has 0 bridgehead atoms. The fourth-order valence-electron chi connectivity index (χ4n) is 4.51. The number of amides is 1. The van der Waals surface area contributed by atoms with Crippen molar-refractivity contribution < 1.29 is 18.0 Å². The minimum atomic E-state index is -4.32. The summed E-state index contributed by atoms with van der Waals surface area (Å²) in [5, 5.41) is 3.00. The molecule has 1 aliphatic carbocycles. The molecule has 156 valence electrons. The van der Waals surface area contributed by atoms with E-state index in [1.807, 2.05) is 0 Å². The lowest BCUT2D eigenvalue weighted by molar-refractivity contribution is -0.187. The second kappa shape index (κ2) is 7.80. The number of fused-ring (bicyclic) bond motifs is 2. The van der Waals surface area contributed by atoms with Gasteiger partial charge in [0.1, 0.15) is 5.82 Å². The van der Waals surface area contributed by atoms with Crippen LogP contribution in [0.4, 0.5) is 13.2 Å². The maximum absolute atomic E-state index is 13.3. The summed E-state index contributed by atoms with van der Waals surface area (Å²) in [6.07, 6.45) is 0.848. The van der Waals surface area contributed by atoms with E-state index in [1.54, 1.807) is 10.6 Å². The van der Waals surface area contributed by atoms with E-state index in [-0.39, 0.29) is 17.5 Å². The van der Waals surface area contributed by atoms with Crippen LogP contribution in [0.15, 0.2) is 23.0 Å². The molecule has 2 aromatic rings. The fourth-order valence-corrected chi connectivity index (χ4v) is 4.51. The number of rotatable bonds is 2. The first-order valence-corrected chi connectivity index (χ1v) is 10.3. The number of nitrogens with one attached hydrogen (secondary N) is 1. The first-order valence-electron chi connectivity index (χ1n) is 10.3. The third-order valence-electron chi connectivity index (χ3n) is 6.08. The molecule has 0 saturated heterocycles. The molecular formula is C21H24F3N3O2. The summed E-state index contributed by atoms with van der Waals surface area (Å²) in [5.41, 5.74) is 0.532. The quantitative estimate of drug-likeness (QED) is 0.819. The predicted molar refractivity (Wildman–Crippen MR) is 103 cm³/mol. The SMILES string of the molecule is O=C(N[C@@H]1CCCC[C@@H]1C(F)(F)F)c1ccc2c(=O)n3c(nc2c1)CCCCC3. The molecule has 2 aliphatic rings. The van der Waals surface area contributed by atoms with E-state index in [2.05, 4.69) is 10.3 Å². The highest BCUT2D eigenvalue weighted by Crippen LogP contribution is 2.37. The number of hydrogen-bond acceptors (Lipinski definition) is 3. The lowest BCUT2D eigenvalue weighted by Gasteiger charge is -2.33. The molecule has 0 unspecified atom stereocenters. The van der Waals surface area contributed by atoms with Crippen LogP contribution in [0.25, 0.3) is 10.9 Å². The minimum Gasteiger partial charge on any atom is -0.349 e. The first kappa shape index (κ1) is 19.9. The molecular weight excluding hydrogens is 383 g/mol. The van der Waals surface area contributed by atoms with Crippen molar-refractivity contribution in [3.05, 3.63) is 39.9 Å². The van der Waals surface area contributed by atoms with Gasteiger partial charge < -0.3 is 5.32 Å². The zero-order valence-corrected chi connectivity index (χ0v) is 16.1. The summed E-state index contributed by atoms with van der Waals surface area (Å²) in [5.74, 6) is -1.36. The van der Waals surface area contributed by atoms with Crippen LogP contribution in [0.3, 0.4) is 0 Å². The topological polar surface area (TPSA) is 64.0 Å². The molecule has 1 N–H and O–H groups in total. The molecule has 1 saturated carbocycles. The number of aromatic nitrogens is 2. The number of carbonyl (C=O) groups is 1. The van der Waals surface area contributed by atoms with Gasteiger partial charge in [0.25, 0.3) is 11.5 Å². The van der Waals surface area contributed by atoms with Crippen molar-refractivity contribution in [3.8, 4) is 0 Å². The third kappa shape index (κ3) is 4.02. The van der Waals surface area contributed by atoms with Gasteiger partial charge in [-0.3, -0.25) is 14.2 Å². The summed E-state index contributed by atoms with van der Waals surface area (Å²) < 4.78 is 41.6. The smallest absolute Gasteiger partial charge is 0.349 e. The van der Waals surface area contributed by atoms with E-state index < -0.39 is 24.0 Å². The van der Waals surface area contributed by atoms with Crippen molar-refractivity contribution in [2.75, 3.05) is 0 Å². The molecule has 4 rings (SSSR count). The number of aryl methyl sites for hydroxylation is 1. The second-order valence-corrected chi connectivity index (χ2v) is 8.04. The van der Waals surface area contributed by atoms with Gasteiger partial charge in [0.15, 0.2) is 0 Å². The van der Waals surface area contributed by atoms with Gasteiger partial charge in [0.05, 0.1) is 16.8 Å². The van der Waals surface area contributed by atoms with Crippen LogP contribution >= 0.6 is 0 Å². The summed E-state index contributed by atoms with van der Waals surface area (Å²) in [4.78, 5) is 30.0. The maximum Gasteiger partial charge on any atom is 0.393 e. The van der Waals surface area contributed by atoms with E-state index in [4.69, 9.17) is 0 Å². The number of hydrogen-bond donors (Lipinski definition) is 1. The Morgan fingerprint density at radius 3 is 2.69 bits per heavy atom. The Bertz CT molecular complexity index is 984. The Labute approximate surface area is 166 Å².